The molecule has 0 N–H and O–H groups in total. The molecule has 7 saturated carbocycles. The summed E-state index contributed by atoms with van der Waals surface area (Å²) in [5.74, 6) is 2.32. The fraction of sp³-hybridized carbons (Fsp3) is 0.836. The second-order valence-corrected chi connectivity index (χ2v) is 24.9. The van der Waals surface area contributed by atoms with E-state index in [1.54, 1.807) is 7.11 Å². The number of fused-ring (bicyclic) bond motifs is 7. The number of hydrogen-bond donors (Lipinski definition) is 0. The van der Waals surface area contributed by atoms with Crippen LogP contribution < -0.4 is 0 Å². The van der Waals surface area contributed by atoms with Crippen LogP contribution >= 0.6 is 0 Å². The molecule has 7 aliphatic carbocycles. The quantitative estimate of drug-likeness (QED) is 0.143. The summed E-state index contributed by atoms with van der Waals surface area (Å²) in [5.41, 5.74) is 1.04. The first-order chi connectivity index (χ1) is 30.4. The van der Waals surface area contributed by atoms with Crippen molar-refractivity contribution in [3.8, 4) is 0 Å². The van der Waals surface area contributed by atoms with Gasteiger partial charge in [-0.2, -0.15) is 0 Å². The minimum absolute atomic E-state index is 0.131. The van der Waals surface area contributed by atoms with Crippen molar-refractivity contribution in [3.05, 3.63) is 35.9 Å². The summed E-state index contributed by atoms with van der Waals surface area (Å²) < 4.78 is 23.3. The normalized spacial score (nSPS) is 41.6. The Kier molecular flexibility index (Phi) is 12.3. The van der Waals surface area contributed by atoms with Crippen molar-refractivity contribution in [2.45, 2.75) is 152 Å². The number of rotatable bonds is 13. The molecule has 0 radical (unpaired) electrons. The maximum atomic E-state index is 15.3. The Morgan fingerprint density at radius 2 is 1.38 bits per heavy atom. The average Bonchev–Trinajstić information content (AvgIpc) is 3.88. The van der Waals surface area contributed by atoms with E-state index >= 15 is 4.79 Å². The van der Waals surface area contributed by atoms with Gasteiger partial charge in [-0.05, 0) is 146 Å². The van der Waals surface area contributed by atoms with Gasteiger partial charge < -0.3 is 23.8 Å². The van der Waals surface area contributed by atoms with Gasteiger partial charge in [-0.15, -0.1) is 0 Å². The van der Waals surface area contributed by atoms with E-state index in [1.807, 2.05) is 44.2 Å². The number of amides is 1. The van der Waals surface area contributed by atoms with Crippen LogP contribution in [-0.4, -0.2) is 93.4 Å². The fourth-order valence-electron chi connectivity index (χ4n) is 17.2. The van der Waals surface area contributed by atoms with Crippen LogP contribution in [0.3, 0.4) is 0 Å². The molecule has 0 aromatic heterocycles. The Hall–Kier alpha value is -2.49. The van der Waals surface area contributed by atoms with Crippen LogP contribution in [0.15, 0.2) is 30.3 Å². The lowest BCUT2D eigenvalue weighted by Gasteiger charge is -2.73. The minimum atomic E-state index is -0.509. The van der Waals surface area contributed by atoms with Crippen molar-refractivity contribution >= 4 is 17.8 Å². The zero-order chi connectivity index (χ0) is 45.5. The average molecular weight is 885 g/mol. The highest BCUT2D eigenvalue weighted by Crippen LogP contribution is 2.79. The molecule has 8 fully saturated rings. The van der Waals surface area contributed by atoms with Crippen molar-refractivity contribution in [1.82, 2.24) is 9.80 Å². The molecule has 1 heterocycles. The molecule has 1 aromatic rings. The van der Waals surface area contributed by atoms with Crippen LogP contribution in [0.25, 0.3) is 0 Å². The zero-order valence-electron chi connectivity index (χ0n) is 41.3. The molecular weight excluding hydrogens is 801 g/mol. The number of hydrogen-bond acceptors (Lipinski definition) is 8. The summed E-state index contributed by atoms with van der Waals surface area (Å²) in [6.45, 7) is 26.2. The summed E-state index contributed by atoms with van der Waals surface area (Å²) in [7, 11) is 1.71. The monoisotopic (exact) mass is 885 g/mol. The van der Waals surface area contributed by atoms with Gasteiger partial charge in [-0.1, -0.05) is 85.7 Å². The number of esters is 2. The summed E-state index contributed by atoms with van der Waals surface area (Å²) >= 11 is 0. The predicted molar refractivity (Wildman–Crippen MR) is 249 cm³/mol. The molecule has 1 aliphatic heterocycles. The standard InChI is InChI=1S/C55H84N2O7/c1-49(2)40(46(58)63-36-37-13-11-10-12-14-37)35-41(49)47(59)64-44-19-20-52(6)42(50(44,3)4)18-21-54(8)43(52)16-15-39-45-38(51(5)23-24-51)17-22-55(45,26-25-53(39,54)7)48(60)57-29-27-56(28-30-57)31-32-62-34-33-61-9/h10-14,38-45H,15-36H2,1-9H3/t38-,39-,40+,41-,42+,43-,44+,45-,52+,53-,54-,55+/m1/s1. The Morgan fingerprint density at radius 3 is 2.06 bits per heavy atom. The molecule has 0 spiro atoms. The minimum Gasteiger partial charge on any atom is -0.462 e. The molecule has 1 saturated heterocycles. The van der Waals surface area contributed by atoms with Crippen LogP contribution in [0.5, 0.6) is 0 Å². The van der Waals surface area contributed by atoms with E-state index in [2.05, 4.69) is 51.3 Å². The van der Waals surface area contributed by atoms with Crippen molar-refractivity contribution < 1.29 is 33.3 Å². The smallest absolute Gasteiger partial charge is 0.309 e. The van der Waals surface area contributed by atoms with Gasteiger partial charge in [0.1, 0.15) is 12.7 Å². The maximum absolute atomic E-state index is 15.3. The van der Waals surface area contributed by atoms with Crippen LogP contribution in [0.2, 0.25) is 0 Å². The zero-order valence-corrected chi connectivity index (χ0v) is 41.3. The lowest BCUT2D eigenvalue weighted by molar-refractivity contribution is -0.253. The topological polar surface area (TPSA) is 94.6 Å². The van der Waals surface area contributed by atoms with E-state index in [0.29, 0.717) is 67.2 Å². The Morgan fingerprint density at radius 1 is 0.656 bits per heavy atom. The maximum Gasteiger partial charge on any atom is 0.309 e. The molecule has 9 rings (SSSR count). The van der Waals surface area contributed by atoms with E-state index < -0.39 is 5.41 Å². The lowest BCUT2D eigenvalue weighted by atomic mass is 9.32. The summed E-state index contributed by atoms with van der Waals surface area (Å²) in [6, 6.07) is 9.79. The third kappa shape index (κ3) is 7.44. The van der Waals surface area contributed by atoms with E-state index in [0.717, 1.165) is 76.8 Å². The largest absolute Gasteiger partial charge is 0.462 e. The van der Waals surface area contributed by atoms with Gasteiger partial charge in [0.25, 0.3) is 0 Å². The molecular formula is C55H84N2O7. The second kappa shape index (κ2) is 16.9. The van der Waals surface area contributed by atoms with E-state index in [4.69, 9.17) is 18.9 Å². The molecule has 12 atom stereocenters. The first kappa shape index (κ1) is 46.6. The van der Waals surface area contributed by atoms with Crippen LogP contribution in [0.4, 0.5) is 0 Å². The molecule has 1 amide bonds. The summed E-state index contributed by atoms with van der Waals surface area (Å²) in [5, 5.41) is 0. The first-order valence-electron chi connectivity index (χ1n) is 25.9. The van der Waals surface area contributed by atoms with Gasteiger partial charge in [0.2, 0.25) is 5.91 Å². The highest BCUT2D eigenvalue weighted by Gasteiger charge is 2.74. The van der Waals surface area contributed by atoms with Gasteiger partial charge >= 0.3 is 11.9 Å². The van der Waals surface area contributed by atoms with Crippen molar-refractivity contribution in [2.24, 2.45) is 79.3 Å². The van der Waals surface area contributed by atoms with E-state index in [-0.39, 0.29) is 63.6 Å². The number of ether oxygens (including phenoxy) is 4. The van der Waals surface area contributed by atoms with Gasteiger partial charge in [0.15, 0.2) is 0 Å². The van der Waals surface area contributed by atoms with Crippen molar-refractivity contribution in [1.29, 1.82) is 0 Å². The Balaban J connectivity index is 0.873. The summed E-state index contributed by atoms with van der Waals surface area (Å²) in [4.78, 5) is 47.4. The van der Waals surface area contributed by atoms with Gasteiger partial charge in [-0.25, -0.2) is 0 Å². The lowest BCUT2D eigenvalue weighted by Crippen LogP contribution is -2.68. The summed E-state index contributed by atoms with van der Waals surface area (Å²) in [6.07, 6.45) is 14.4. The second-order valence-electron chi connectivity index (χ2n) is 24.9. The van der Waals surface area contributed by atoms with Crippen LogP contribution in [0.1, 0.15) is 144 Å². The predicted octanol–water partition coefficient (Wildman–Crippen LogP) is 9.99. The highest BCUT2D eigenvalue weighted by atomic mass is 16.5. The molecule has 8 aliphatic rings. The number of methoxy groups -OCH3 is 1. The number of piperazine rings is 1. The van der Waals surface area contributed by atoms with Crippen LogP contribution in [0, 0.1) is 79.3 Å². The number of carbonyl (C=O) groups excluding carboxylic acids is 3. The Bertz CT molecular complexity index is 1890. The van der Waals surface area contributed by atoms with Gasteiger partial charge in [-0.3, -0.25) is 19.3 Å². The third-order valence-electron chi connectivity index (χ3n) is 21.7. The van der Waals surface area contributed by atoms with Crippen molar-refractivity contribution in [3.63, 3.8) is 0 Å². The van der Waals surface area contributed by atoms with E-state index in [1.165, 1.54) is 38.5 Å². The Labute approximate surface area is 386 Å². The molecule has 64 heavy (non-hydrogen) atoms. The SMILES string of the molecule is COCCOCCN1CCN(C(=O)[C@]23CC[C@@H](C4(C)CC4)[C@@H]2[C@H]2CC[C@@H]4[C@@]5(C)CC[C@H](OC(=O)[C@H]6C[C@@H](C(=O)OCc7ccccc7)C6(C)C)C(C)(C)[C@@H]5CC[C@@]4(C)[C@]2(C)CC3)CC1. The molecule has 1 aromatic carbocycles. The molecule has 9 nitrogen and oxygen atoms in total. The van der Waals surface area contributed by atoms with Crippen molar-refractivity contribution in [2.75, 3.05) is 59.7 Å². The van der Waals surface area contributed by atoms with Gasteiger partial charge in [0.05, 0.1) is 37.1 Å². The number of carbonyl (C=O) groups is 3. The molecule has 356 valence electrons. The first-order valence-corrected chi connectivity index (χ1v) is 25.9. The molecule has 0 bridgehead atoms. The van der Waals surface area contributed by atoms with Gasteiger partial charge in [0, 0.05) is 45.2 Å². The fourth-order valence-corrected chi connectivity index (χ4v) is 17.2. The molecule has 9 heteroatoms. The van der Waals surface area contributed by atoms with E-state index in [9.17, 15) is 9.59 Å². The molecule has 0 unspecified atom stereocenters. The highest BCUT2D eigenvalue weighted by molar-refractivity contribution is 5.84. The number of nitrogens with zero attached hydrogens (tertiary/aromatic N) is 2. The number of benzene rings is 1. The third-order valence-corrected chi connectivity index (χ3v) is 21.7. The van der Waals surface area contributed by atoms with Crippen LogP contribution in [-0.2, 0) is 39.9 Å².